The van der Waals surface area contributed by atoms with Gasteiger partial charge in [-0.25, -0.2) is 0 Å². The maximum atomic E-state index is 6.29. The van der Waals surface area contributed by atoms with Gasteiger partial charge in [0.1, 0.15) is 17.1 Å². The van der Waals surface area contributed by atoms with Crippen molar-refractivity contribution in [2.75, 3.05) is 0 Å². The zero-order valence-electron chi connectivity index (χ0n) is 44.3. The van der Waals surface area contributed by atoms with Crippen molar-refractivity contribution in [2.45, 2.75) is 85.0 Å². The van der Waals surface area contributed by atoms with Crippen molar-refractivity contribution in [3.63, 3.8) is 0 Å². The predicted octanol–water partition coefficient (Wildman–Crippen LogP) is 18.2. The Bertz CT molecular complexity index is 3630. The Balaban J connectivity index is 0.000000174. The summed E-state index contributed by atoms with van der Waals surface area (Å²) < 4.78 is 12.6. The largest absolute Gasteiger partial charge is 3.00 e. The van der Waals surface area contributed by atoms with Crippen molar-refractivity contribution in [3.8, 4) is 56.4 Å². The molecule has 12 rings (SSSR count). The molecule has 1 fully saturated rings. The number of ether oxygens (including phenoxy) is 1. The quantitative estimate of drug-likeness (QED) is 0.108. The Hall–Kier alpha value is -7.76. The Labute approximate surface area is 467 Å². The maximum absolute atomic E-state index is 6.29. The Kier molecular flexibility index (Phi) is 16.5. The van der Waals surface area contributed by atoms with Crippen LogP contribution in [0.25, 0.3) is 66.8 Å². The molecule has 4 aromatic heterocycles. The molecule has 7 aromatic carbocycles. The number of para-hydroxylation sites is 1. The number of hydrogen-bond donors (Lipinski definition) is 0. The van der Waals surface area contributed by atoms with E-state index in [9.17, 15) is 0 Å². The number of nitrogens with zero attached hydrogens (tertiary/aromatic N) is 3. The zero-order valence-corrected chi connectivity index (χ0v) is 46.7. The van der Waals surface area contributed by atoms with E-state index in [-0.39, 0.29) is 20.1 Å². The maximum Gasteiger partial charge on any atom is 3.00 e. The van der Waals surface area contributed by atoms with Gasteiger partial charge in [-0.05, 0) is 175 Å². The SMILES string of the molecule is Cc1cc(C2CCC(C)(C)CC2)ccc1-c1cc(-c2[c-]ccc3c2oc2ccccc23)ncc1C.[Ir+3].[c-]1ccccc1-c1cc(CCc2cccc(Oc3cccc(CCc4cc[c-]c(-c5ccccn5)c4)c3)c2)ccn1. The van der Waals surface area contributed by atoms with Gasteiger partial charge in [-0.15, -0.1) is 89.5 Å². The van der Waals surface area contributed by atoms with Crippen molar-refractivity contribution < 1.29 is 29.3 Å². The van der Waals surface area contributed by atoms with Crippen LogP contribution in [0.15, 0.2) is 205 Å². The molecule has 5 nitrogen and oxygen atoms in total. The molecule has 1 aliphatic rings. The first-order chi connectivity index (χ1) is 37.2. The molecule has 382 valence electrons. The molecule has 1 saturated carbocycles. The molecule has 0 bridgehead atoms. The van der Waals surface area contributed by atoms with E-state index in [4.69, 9.17) is 14.1 Å². The summed E-state index contributed by atoms with van der Waals surface area (Å²) in [5.41, 5.74) is 19.5. The van der Waals surface area contributed by atoms with E-state index >= 15 is 0 Å². The molecule has 0 unspecified atom stereocenters. The van der Waals surface area contributed by atoms with Gasteiger partial charge in [-0.1, -0.05) is 115 Å². The number of hydrogen-bond acceptors (Lipinski definition) is 5. The Morgan fingerprint density at radius 3 is 1.94 bits per heavy atom. The smallest absolute Gasteiger partial charge is 0.501 e. The van der Waals surface area contributed by atoms with Crippen molar-refractivity contribution in [1.29, 1.82) is 0 Å². The second-order valence-corrected chi connectivity index (χ2v) is 21.1. The van der Waals surface area contributed by atoms with Crippen LogP contribution < -0.4 is 4.74 Å². The van der Waals surface area contributed by atoms with Crippen LogP contribution in [0.5, 0.6) is 11.5 Å². The molecule has 1 aliphatic carbocycles. The van der Waals surface area contributed by atoms with Gasteiger partial charge in [-0.3, -0.25) is 0 Å². The molecule has 4 heterocycles. The van der Waals surface area contributed by atoms with Gasteiger partial charge in [0.15, 0.2) is 0 Å². The standard InChI is InChI=1S/C38H30N2O.C33H32NO.Ir/c1-2-12-33(13-3-1)38-28-32(22-24-40-38)21-20-31-11-8-16-36(27-31)41-35-15-7-10-30(26-35)19-18-29-9-6-14-34(25-29)37-17-4-5-23-39-37;1-21-18-24(23-14-16-33(3,4)17-15-23)12-13-25(21)29-19-30(34-20-22(29)2)28-10-7-9-27-26-8-5-6-11-31(26)35-32(27)28;/h1-12,15-17,22-28H,18-21H2;5-9,11-13,18-20,23H,14-17H2,1-4H3;/q-2;-1;+3. The molecule has 0 radical (unpaired) electrons. The normalized spacial score (nSPS) is 13.1. The summed E-state index contributed by atoms with van der Waals surface area (Å²) in [5, 5.41) is 2.23. The van der Waals surface area contributed by atoms with Crippen molar-refractivity contribution in [3.05, 3.63) is 258 Å². The third-order valence-corrected chi connectivity index (χ3v) is 15.1. The Morgan fingerprint density at radius 1 is 0.519 bits per heavy atom. The molecule has 0 N–H and O–H groups in total. The minimum absolute atomic E-state index is 0. The monoisotopic (exact) mass is 1180 g/mol. The van der Waals surface area contributed by atoms with E-state index in [2.05, 4.69) is 159 Å². The number of aromatic nitrogens is 3. The van der Waals surface area contributed by atoms with E-state index < -0.39 is 0 Å². The van der Waals surface area contributed by atoms with Gasteiger partial charge in [0.05, 0.1) is 5.58 Å². The Morgan fingerprint density at radius 2 is 1.21 bits per heavy atom. The fourth-order valence-corrected chi connectivity index (χ4v) is 10.7. The minimum Gasteiger partial charge on any atom is -0.501 e. The molecule has 0 aliphatic heterocycles. The molecule has 0 atom stereocenters. The van der Waals surface area contributed by atoms with E-state index in [1.807, 2.05) is 97.5 Å². The third kappa shape index (κ3) is 12.8. The number of pyridine rings is 3. The van der Waals surface area contributed by atoms with Crippen LogP contribution in [-0.4, -0.2) is 15.0 Å². The first-order valence-corrected chi connectivity index (χ1v) is 26.8. The fraction of sp³-hybridized carbons (Fsp3) is 0.197. The van der Waals surface area contributed by atoms with Gasteiger partial charge in [-0.2, -0.15) is 0 Å². The van der Waals surface area contributed by atoms with E-state index in [0.717, 1.165) is 92.9 Å². The van der Waals surface area contributed by atoms with Gasteiger partial charge in [0.2, 0.25) is 0 Å². The summed E-state index contributed by atoms with van der Waals surface area (Å²) in [4.78, 5) is 13.8. The minimum atomic E-state index is 0. The number of rotatable bonds is 13. The number of furan rings is 1. The summed E-state index contributed by atoms with van der Waals surface area (Å²) in [6.07, 6.45) is 14.6. The zero-order chi connectivity index (χ0) is 51.8. The molecule has 0 spiro atoms. The topological polar surface area (TPSA) is 61.0 Å². The van der Waals surface area contributed by atoms with Crippen LogP contribution in [0.2, 0.25) is 0 Å². The van der Waals surface area contributed by atoms with E-state index in [1.54, 1.807) is 0 Å². The second-order valence-electron chi connectivity index (χ2n) is 21.1. The van der Waals surface area contributed by atoms with Gasteiger partial charge >= 0.3 is 20.1 Å². The summed E-state index contributed by atoms with van der Waals surface area (Å²) in [6.45, 7) is 9.21. The van der Waals surface area contributed by atoms with Crippen LogP contribution in [0.4, 0.5) is 0 Å². The molecule has 0 saturated heterocycles. The van der Waals surface area contributed by atoms with E-state index in [0.29, 0.717) is 11.3 Å². The fourth-order valence-electron chi connectivity index (χ4n) is 10.7. The third-order valence-electron chi connectivity index (χ3n) is 15.1. The van der Waals surface area contributed by atoms with Crippen molar-refractivity contribution >= 4 is 21.9 Å². The van der Waals surface area contributed by atoms with Gasteiger partial charge < -0.3 is 24.1 Å². The first-order valence-electron chi connectivity index (χ1n) is 26.8. The molecule has 0 amide bonds. The van der Waals surface area contributed by atoms with Crippen LogP contribution >= 0.6 is 0 Å². The number of aryl methyl sites for hydroxylation is 6. The molecular formula is C71H62IrN3O2. The van der Waals surface area contributed by atoms with Crippen molar-refractivity contribution in [1.82, 2.24) is 15.0 Å². The summed E-state index contributed by atoms with van der Waals surface area (Å²) in [5.74, 6) is 2.39. The molecule has 6 heteroatoms. The molecular weight excluding hydrogens is 1120 g/mol. The van der Waals surface area contributed by atoms with Crippen molar-refractivity contribution in [2.24, 2.45) is 5.41 Å². The first kappa shape index (κ1) is 52.7. The van der Waals surface area contributed by atoms with Crippen LogP contribution in [0, 0.1) is 37.5 Å². The van der Waals surface area contributed by atoms with Crippen LogP contribution in [-0.2, 0) is 45.8 Å². The predicted molar refractivity (Wildman–Crippen MR) is 310 cm³/mol. The van der Waals surface area contributed by atoms with Crippen LogP contribution in [0.3, 0.4) is 0 Å². The van der Waals surface area contributed by atoms with E-state index in [1.165, 1.54) is 75.8 Å². The molecule has 77 heavy (non-hydrogen) atoms. The van der Waals surface area contributed by atoms with Gasteiger partial charge in [0.25, 0.3) is 0 Å². The number of fused-ring (bicyclic) bond motifs is 3. The van der Waals surface area contributed by atoms with Gasteiger partial charge in [0, 0.05) is 24.0 Å². The summed E-state index contributed by atoms with van der Waals surface area (Å²) in [6, 6.07) is 72.8. The average molecular weight is 1180 g/mol. The average Bonchev–Trinajstić information content (AvgIpc) is 3.86. The summed E-state index contributed by atoms with van der Waals surface area (Å²) >= 11 is 0. The second kappa shape index (κ2) is 24.1. The molecule has 11 aromatic rings. The number of benzene rings is 7. The van der Waals surface area contributed by atoms with Crippen LogP contribution in [0.1, 0.15) is 84.4 Å². The summed E-state index contributed by atoms with van der Waals surface area (Å²) in [7, 11) is 0.